The SMILES string of the molecule is CCCCCCCCCCNC1CCCc2cccnc21. The molecule has 118 valence electrons. The number of hydrogen-bond acceptors (Lipinski definition) is 2. The number of aryl methyl sites for hydroxylation is 1. The van der Waals surface area contributed by atoms with Crippen LogP contribution in [0, 0.1) is 0 Å². The molecule has 1 N–H and O–H groups in total. The summed E-state index contributed by atoms with van der Waals surface area (Å²) in [5.41, 5.74) is 2.76. The summed E-state index contributed by atoms with van der Waals surface area (Å²) in [6.45, 7) is 3.43. The average Bonchev–Trinajstić information content (AvgIpc) is 2.53. The van der Waals surface area contributed by atoms with Gasteiger partial charge in [0.1, 0.15) is 0 Å². The molecule has 2 nitrogen and oxygen atoms in total. The van der Waals surface area contributed by atoms with Gasteiger partial charge in [-0.15, -0.1) is 0 Å². The minimum Gasteiger partial charge on any atom is -0.309 e. The molecule has 1 aliphatic carbocycles. The lowest BCUT2D eigenvalue weighted by molar-refractivity contribution is 0.437. The first-order valence-electron chi connectivity index (χ1n) is 9.09. The van der Waals surface area contributed by atoms with Gasteiger partial charge in [0, 0.05) is 12.2 Å². The Kier molecular flexibility index (Phi) is 7.80. The third-order valence-corrected chi connectivity index (χ3v) is 4.62. The predicted octanol–water partition coefficient (Wildman–Crippen LogP) is 5.19. The lowest BCUT2D eigenvalue weighted by Crippen LogP contribution is -2.27. The molecule has 1 aromatic heterocycles. The predicted molar refractivity (Wildman–Crippen MR) is 90.5 cm³/mol. The van der Waals surface area contributed by atoms with Crippen LogP contribution in [-0.2, 0) is 6.42 Å². The number of rotatable bonds is 10. The fraction of sp³-hybridized carbons (Fsp3) is 0.737. The summed E-state index contributed by atoms with van der Waals surface area (Å²) in [6.07, 6.45) is 16.8. The van der Waals surface area contributed by atoms with Crippen LogP contribution in [0.5, 0.6) is 0 Å². The highest BCUT2D eigenvalue weighted by Crippen LogP contribution is 2.27. The lowest BCUT2D eigenvalue weighted by Gasteiger charge is -2.25. The standard InChI is InChI=1S/C19H32N2/c1-2-3-4-5-6-7-8-9-15-20-18-14-10-12-17-13-11-16-21-19(17)18/h11,13,16,18,20H,2-10,12,14-15H2,1H3. The van der Waals surface area contributed by atoms with Crippen LogP contribution in [0.3, 0.4) is 0 Å². The Labute approximate surface area is 130 Å². The van der Waals surface area contributed by atoms with Crippen molar-refractivity contribution in [3.63, 3.8) is 0 Å². The summed E-state index contributed by atoms with van der Waals surface area (Å²) < 4.78 is 0. The molecule has 1 unspecified atom stereocenters. The maximum Gasteiger partial charge on any atom is 0.0605 e. The molecule has 0 spiro atoms. The zero-order valence-corrected chi connectivity index (χ0v) is 13.7. The van der Waals surface area contributed by atoms with Crippen molar-refractivity contribution >= 4 is 0 Å². The molecular weight excluding hydrogens is 256 g/mol. The van der Waals surface area contributed by atoms with Gasteiger partial charge in [0.05, 0.1) is 5.69 Å². The Balaban J connectivity index is 1.56. The molecule has 0 aromatic carbocycles. The molecule has 21 heavy (non-hydrogen) atoms. The maximum absolute atomic E-state index is 4.60. The Morgan fingerprint density at radius 1 is 1.10 bits per heavy atom. The van der Waals surface area contributed by atoms with Crippen molar-refractivity contribution in [2.24, 2.45) is 0 Å². The first-order chi connectivity index (χ1) is 10.4. The summed E-state index contributed by atoms with van der Waals surface area (Å²) in [5, 5.41) is 3.73. The highest BCUT2D eigenvalue weighted by molar-refractivity contribution is 5.25. The first kappa shape index (κ1) is 16.5. The number of unbranched alkanes of at least 4 members (excludes halogenated alkanes) is 7. The zero-order chi connectivity index (χ0) is 14.8. The van der Waals surface area contributed by atoms with Crippen molar-refractivity contribution in [1.29, 1.82) is 0 Å². The number of nitrogens with one attached hydrogen (secondary N) is 1. The molecule has 1 aromatic rings. The summed E-state index contributed by atoms with van der Waals surface area (Å²) in [4.78, 5) is 4.60. The fourth-order valence-electron chi connectivity index (χ4n) is 3.34. The molecule has 1 aliphatic rings. The van der Waals surface area contributed by atoms with Gasteiger partial charge in [-0.1, -0.05) is 57.9 Å². The summed E-state index contributed by atoms with van der Waals surface area (Å²) in [5.74, 6) is 0. The molecule has 1 heterocycles. The Morgan fingerprint density at radius 2 is 1.86 bits per heavy atom. The summed E-state index contributed by atoms with van der Waals surface area (Å²) in [6, 6.07) is 4.81. The van der Waals surface area contributed by atoms with Crippen LogP contribution in [0.25, 0.3) is 0 Å². The molecular formula is C19H32N2. The van der Waals surface area contributed by atoms with Crippen molar-refractivity contribution in [3.05, 3.63) is 29.6 Å². The molecule has 2 rings (SSSR count). The van der Waals surface area contributed by atoms with Gasteiger partial charge in [0.15, 0.2) is 0 Å². The number of fused-ring (bicyclic) bond motifs is 1. The quantitative estimate of drug-likeness (QED) is 0.599. The molecule has 0 amide bonds. The molecule has 0 fully saturated rings. The third kappa shape index (κ3) is 5.78. The van der Waals surface area contributed by atoms with E-state index in [1.54, 1.807) is 0 Å². The van der Waals surface area contributed by atoms with E-state index in [9.17, 15) is 0 Å². The highest BCUT2D eigenvalue weighted by Gasteiger charge is 2.20. The van der Waals surface area contributed by atoms with E-state index in [4.69, 9.17) is 0 Å². The topological polar surface area (TPSA) is 24.9 Å². The van der Waals surface area contributed by atoms with E-state index >= 15 is 0 Å². The molecule has 0 aliphatic heterocycles. The van der Waals surface area contributed by atoms with E-state index in [1.807, 2.05) is 6.20 Å². The number of nitrogens with zero attached hydrogens (tertiary/aromatic N) is 1. The van der Waals surface area contributed by atoms with Gasteiger partial charge >= 0.3 is 0 Å². The minimum atomic E-state index is 0.500. The lowest BCUT2D eigenvalue weighted by atomic mass is 9.92. The molecule has 0 saturated heterocycles. The molecule has 1 atom stereocenters. The largest absolute Gasteiger partial charge is 0.309 e. The van der Waals surface area contributed by atoms with E-state index in [0.29, 0.717) is 6.04 Å². The van der Waals surface area contributed by atoms with E-state index in [-0.39, 0.29) is 0 Å². The second kappa shape index (κ2) is 9.94. The maximum atomic E-state index is 4.60. The van der Waals surface area contributed by atoms with Gasteiger partial charge < -0.3 is 5.32 Å². The zero-order valence-electron chi connectivity index (χ0n) is 13.7. The minimum absolute atomic E-state index is 0.500. The van der Waals surface area contributed by atoms with Gasteiger partial charge in [-0.3, -0.25) is 4.98 Å². The van der Waals surface area contributed by atoms with Crippen LogP contribution >= 0.6 is 0 Å². The van der Waals surface area contributed by atoms with Crippen LogP contribution < -0.4 is 5.32 Å². The number of hydrogen-bond donors (Lipinski definition) is 1. The van der Waals surface area contributed by atoms with E-state index in [2.05, 4.69) is 29.4 Å². The second-order valence-electron chi connectivity index (χ2n) is 6.42. The summed E-state index contributed by atoms with van der Waals surface area (Å²) >= 11 is 0. The second-order valence-corrected chi connectivity index (χ2v) is 6.42. The van der Waals surface area contributed by atoms with Crippen LogP contribution in [0.2, 0.25) is 0 Å². The third-order valence-electron chi connectivity index (χ3n) is 4.62. The normalized spacial score (nSPS) is 17.7. The van der Waals surface area contributed by atoms with Crippen LogP contribution in [0.15, 0.2) is 18.3 Å². The Bertz CT molecular complexity index is 389. The van der Waals surface area contributed by atoms with Crippen molar-refractivity contribution in [2.45, 2.75) is 83.6 Å². The van der Waals surface area contributed by atoms with Gasteiger partial charge in [-0.2, -0.15) is 0 Å². The average molecular weight is 288 g/mol. The van der Waals surface area contributed by atoms with E-state index in [0.717, 1.165) is 6.54 Å². The van der Waals surface area contributed by atoms with E-state index in [1.165, 1.54) is 81.9 Å². The van der Waals surface area contributed by atoms with Crippen LogP contribution in [0.1, 0.15) is 88.4 Å². The first-order valence-corrected chi connectivity index (χ1v) is 9.09. The van der Waals surface area contributed by atoms with Crippen molar-refractivity contribution in [2.75, 3.05) is 6.54 Å². The van der Waals surface area contributed by atoms with Crippen LogP contribution in [-0.4, -0.2) is 11.5 Å². The molecule has 0 bridgehead atoms. The fourth-order valence-corrected chi connectivity index (χ4v) is 3.34. The molecule has 0 radical (unpaired) electrons. The van der Waals surface area contributed by atoms with Crippen molar-refractivity contribution < 1.29 is 0 Å². The summed E-state index contributed by atoms with van der Waals surface area (Å²) in [7, 11) is 0. The van der Waals surface area contributed by atoms with Crippen molar-refractivity contribution in [1.82, 2.24) is 10.3 Å². The highest BCUT2D eigenvalue weighted by atomic mass is 14.9. The molecule has 2 heteroatoms. The molecule has 0 saturated carbocycles. The van der Waals surface area contributed by atoms with Crippen LogP contribution in [0.4, 0.5) is 0 Å². The van der Waals surface area contributed by atoms with Gasteiger partial charge in [0.2, 0.25) is 0 Å². The van der Waals surface area contributed by atoms with E-state index < -0.39 is 0 Å². The van der Waals surface area contributed by atoms with Gasteiger partial charge in [-0.25, -0.2) is 0 Å². The van der Waals surface area contributed by atoms with Gasteiger partial charge in [-0.05, 0) is 43.9 Å². The Morgan fingerprint density at radius 3 is 2.67 bits per heavy atom. The number of pyridine rings is 1. The van der Waals surface area contributed by atoms with Crippen molar-refractivity contribution in [3.8, 4) is 0 Å². The Hall–Kier alpha value is -0.890. The monoisotopic (exact) mass is 288 g/mol. The smallest absolute Gasteiger partial charge is 0.0605 e. The number of aromatic nitrogens is 1. The van der Waals surface area contributed by atoms with Gasteiger partial charge in [0.25, 0.3) is 0 Å².